The predicted octanol–water partition coefficient (Wildman–Crippen LogP) is 1.12. The molecule has 0 aromatic heterocycles. The van der Waals surface area contributed by atoms with Gasteiger partial charge in [-0.05, 0) is 34.1 Å². The molecule has 17 heavy (non-hydrogen) atoms. The van der Waals surface area contributed by atoms with Gasteiger partial charge in [-0.25, -0.2) is 0 Å². The van der Waals surface area contributed by atoms with E-state index in [0.29, 0.717) is 15.2 Å². The minimum Gasteiger partial charge on any atom is -0.346 e. The molecule has 0 saturated heterocycles. The Labute approximate surface area is 112 Å². The van der Waals surface area contributed by atoms with Crippen molar-refractivity contribution < 1.29 is 9.59 Å². The second kappa shape index (κ2) is 6.58. The first-order valence-electron chi connectivity index (χ1n) is 4.74. The average Bonchev–Trinajstić information content (AvgIpc) is 2.30. The summed E-state index contributed by atoms with van der Waals surface area (Å²) in [6.45, 7) is -0.275. The molecule has 0 saturated carbocycles. The maximum absolute atomic E-state index is 11.5. The summed E-state index contributed by atoms with van der Waals surface area (Å²) in [4.78, 5) is 22.3. The maximum atomic E-state index is 11.5. The van der Waals surface area contributed by atoms with E-state index < -0.39 is 0 Å². The van der Waals surface area contributed by atoms with Gasteiger partial charge < -0.3 is 16.4 Å². The molecule has 0 heterocycles. The number of carbonyl (C=O) groups excluding carboxylic acids is 2. The zero-order valence-electron chi connectivity index (χ0n) is 8.80. The number of benzene rings is 1. The third kappa shape index (κ3) is 4.72. The molecule has 1 aromatic carbocycles. The van der Waals surface area contributed by atoms with E-state index in [2.05, 4.69) is 26.6 Å². The van der Waals surface area contributed by atoms with Crippen molar-refractivity contribution in [1.82, 2.24) is 5.32 Å². The molecule has 2 amide bonds. The Morgan fingerprint density at radius 1 is 1.35 bits per heavy atom. The molecule has 0 aliphatic carbocycles. The van der Waals surface area contributed by atoms with Gasteiger partial charge >= 0.3 is 0 Å². The molecule has 0 fully saturated rings. The number of hydrogen-bond donors (Lipinski definition) is 3. The first kappa shape index (κ1) is 14.0. The second-order valence-corrected chi connectivity index (χ2v) is 4.44. The molecule has 4 N–H and O–H groups in total. The van der Waals surface area contributed by atoms with Crippen LogP contribution in [0.25, 0.3) is 0 Å². The fraction of sp³-hybridized carbons (Fsp3) is 0.200. The second-order valence-electron chi connectivity index (χ2n) is 3.15. The van der Waals surface area contributed by atoms with Gasteiger partial charge in [0.2, 0.25) is 11.8 Å². The van der Waals surface area contributed by atoms with Gasteiger partial charge in [0.25, 0.3) is 0 Å². The van der Waals surface area contributed by atoms with Gasteiger partial charge in [-0.3, -0.25) is 9.59 Å². The fourth-order valence-corrected chi connectivity index (χ4v) is 1.56. The summed E-state index contributed by atoms with van der Waals surface area (Å²) in [5.41, 5.74) is 5.63. The molecule has 0 spiro atoms. The summed E-state index contributed by atoms with van der Waals surface area (Å²) in [6.07, 6.45) is 0. The highest BCUT2D eigenvalue weighted by Crippen LogP contribution is 2.25. The Bertz CT molecular complexity index is 440. The summed E-state index contributed by atoms with van der Waals surface area (Å²) in [5, 5.41) is 5.48. The quantitative estimate of drug-likeness (QED) is 0.777. The highest BCUT2D eigenvalue weighted by Gasteiger charge is 2.07. The van der Waals surface area contributed by atoms with E-state index in [1.54, 1.807) is 18.2 Å². The van der Waals surface area contributed by atoms with Gasteiger partial charge in [0.05, 0.1) is 18.8 Å². The van der Waals surface area contributed by atoms with E-state index in [4.69, 9.17) is 17.3 Å². The minimum atomic E-state index is -0.384. The molecule has 0 aliphatic rings. The van der Waals surface area contributed by atoms with Crippen LogP contribution < -0.4 is 16.4 Å². The lowest BCUT2D eigenvalue weighted by molar-refractivity contribution is -0.123. The van der Waals surface area contributed by atoms with Crippen LogP contribution in [-0.2, 0) is 9.59 Å². The maximum Gasteiger partial charge on any atom is 0.243 e. The summed E-state index contributed by atoms with van der Waals surface area (Å²) in [7, 11) is 0. The number of nitrogens with one attached hydrogen (secondary N) is 2. The first-order chi connectivity index (χ1) is 8.02. The predicted molar refractivity (Wildman–Crippen MR) is 69.8 cm³/mol. The number of nitrogens with two attached hydrogens (primary N) is 1. The van der Waals surface area contributed by atoms with Crippen molar-refractivity contribution in [3.05, 3.63) is 27.7 Å². The molecule has 0 radical (unpaired) electrons. The molecular weight excluding hydrogens is 309 g/mol. The Morgan fingerprint density at radius 2 is 2.06 bits per heavy atom. The molecule has 0 aliphatic heterocycles. The lowest BCUT2D eigenvalue weighted by Gasteiger charge is -2.08. The molecule has 1 aromatic rings. The van der Waals surface area contributed by atoms with Crippen molar-refractivity contribution in [3.63, 3.8) is 0 Å². The van der Waals surface area contributed by atoms with Gasteiger partial charge in [0, 0.05) is 9.50 Å². The molecule has 5 nitrogen and oxygen atoms in total. The van der Waals surface area contributed by atoms with Crippen LogP contribution >= 0.6 is 27.5 Å². The van der Waals surface area contributed by atoms with Gasteiger partial charge in [-0.1, -0.05) is 11.6 Å². The number of hydrogen-bond acceptors (Lipinski definition) is 3. The SMILES string of the molecule is NCC(=O)NCC(=O)Nc1cc(Cl)ccc1Br. The Hall–Kier alpha value is -1.11. The number of anilines is 1. The van der Waals surface area contributed by atoms with Crippen molar-refractivity contribution in [3.8, 4) is 0 Å². The van der Waals surface area contributed by atoms with E-state index in [9.17, 15) is 9.59 Å². The number of amides is 2. The Kier molecular flexibility index (Phi) is 5.40. The molecule has 0 bridgehead atoms. The van der Waals surface area contributed by atoms with Crippen LogP contribution in [0.3, 0.4) is 0 Å². The third-order valence-electron chi connectivity index (χ3n) is 1.83. The van der Waals surface area contributed by atoms with E-state index in [1.807, 2.05) is 0 Å². The van der Waals surface area contributed by atoms with Crippen LogP contribution in [0.1, 0.15) is 0 Å². The van der Waals surface area contributed by atoms with E-state index in [-0.39, 0.29) is 24.9 Å². The third-order valence-corrected chi connectivity index (χ3v) is 2.76. The highest BCUT2D eigenvalue weighted by molar-refractivity contribution is 9.10. The molecule has 1 rings (SSSR count). The van der Waals surface area contributed by atoms with Crippen LogP contribution in [0.15, 0.2) is 22.7 Å². The monoisotopic (exact) mass is 319 g/mol. The van der Waals surface area contributed by atoms with Gasteiger partial charge in [0.15, 0.2) is 0 Å². The summed E-state index contributed by atoms with van der Waals surface area (Å²) < 4.78 is 0.709. The summed E-state index contributed by atoms with van der Waals surface area (Å²) in [5.74, 6) is -0.736. The van der Waals surface area contributed by atoms with Crippen molar-refractivity contribution in [2.45, 2.75) is 0 Å². The molecular formula is C10H11BrClN3O2. The van der Waals surface area contributed by atoms with E-state index in [1.165, 1.54) is 0 Å². The summed E-state index contributed by atoms with van der Waals surface area (Å²) >= 11 is 9.06. The van der Waals surface area contributed by atoms with Crippen molar-refractivity contribution >= 4 is 45.0 Å². The molecule has 0 atom stereocenters. The standard InChI is InChI=1S/C10H11BrClN3O2/c11-7-2-1-6(12)3-8(7)15-10(17)5-14-9(16)4-13/h1-3H,4-5,13H2,(H,14,16)(H,15,17). The lowest BCUT2D eigenvalue weighted by Crippen LogP contribution is -2.36. The minimum absolute atomic E-state index is 0.130. The molecule has 7 heteroatoms. The van der Waals surface area contributed by atoms with Crippen LogP contribution in [0.4, 0.5) is 5.69 Å². The largest absolute Gasteiger partial charge is 0.346 e. The number of halogens is 2. The lowest BCUT2D eigenvalue weighted by atomic mass is 10.3. The first-order valence-corrected chi connectivity index (χ1v) is 5.91. The van der Waals surface area contributed by atoms with E-state index >= 15 is 0 Å². The van der Waals surface area contributed by atoms with Crippen molar-refractivity contribution in [2.75, 3.05) is 18.4 Å². The van der Waals surface area contributed by atoms with Crippen LogP contribution in [0.5, 0.6) is 0 Å². The van der Waals surface area contributed by atoms with Crippen molar-refractivity contribution in [2.24, 2.45) is 5.73 Å². The normalized spacial score (nSPS) is 9.82. The van der Waals surface area contributed by atoms with Crippen LogP contribution in [0.2, 0.25) is 5.02 Å². The van der Waals surface area contributed by atoms with Gasteiger partial charge in [-0.15, -0.1) is 0 Å². The van der Waals surface area contributed by atoms with E-state index in [0.717, 1.165) is 0 Å². The number of rotatable bonds is 4. The van der Waals surface area contributed by atoms with Crippen LogP contribution in [0, 0.1) is 0 Å². The smallest absolute Gasteiger partial charge is 0.243 e. The van der Waals surface area contributed by atoms with Gasteiger partial charge in [-0.2, -0.15) is 0 Å². The van der Waals surface area contributed by atoms with Gasteiger partial charge in [0.1, 0.15) is 0 Å². The topological polar surface area (TPSA) is 84.2 Å². The zero-order valence-corrected chi connectivity index (χ0v) is 11.1. The summed E-state index contributed by atoms with van der Waals surface area (Å²) in [6, 6.07) is 5.02. The average molecular weight is 321 g/mol. The molecule has 92 valence electrons. The zero-order chi connectivity index (χ0) is 12.8. The Balaban J connectivity index is 2.56. The Morgan fingerprint density at radius 3 is 2.71 bits per heavy atom. The van der Waals surface area contributed by atoms with Crippen LogP contribution in [-0.4, -0.2) is 24.9 Å². The fourth-order valence-electron chi connectivity index (χ4n) is 1.04. The highest BCUT2D eigenvalue weighted by atomic mass is 79.9. The molecule has 0 unspecified atom stereocenters. The van der Waals surface area contributed by atoms with Crippen molar-refractivity contribution in [1.29, 1.82) is 0 Å². The number of carbonyl (C=O) groups is 2.